The zero-order chi connectivity index (χ0) is 16.4. The molecule has 0 heterocycles. The number of nitrogens with zero attached hydrogens (tertiary/aromatic N) is 1. The molecule has 132 valence electrons. The molecule has 6 nitrogen and oxygen atoms in total. The normalized spacial score (nSPS) is 12.1. The van der Waals surface area contributed by atoms with E-state index in [0.29, 0.717) is 30.6 Å². The summed E-state index contributed by atoms with van der Waals surface area (Å²) in [6, 6.07) is 5.64. The number of guanidine groups is 1. The molecule has 3 N–H and O–H groups in total. The number of ether oxygens (including phenoxy) is 2. The van der Waals surface area contributed by atoms with Crippen molar-refractivity contribution in [2.45, 2.75) is 20.8 Å². The van der Waals surface area contributed by atoms with Crippen LogP contribution in [0.5, 0.6) is 11.5 Å². The second kappa shape index (κ2) is 12.2. The summed E-state index contributed by atoms with van der Waals surface area (Å²) >= 11 is 0. The SMILES string of the molecule is CCNC(=NCC(C)CO)Nc1ccc(OC)c(OCC)c1.I. The van der Waals surface area contributed by atoms with Crippen LogP contribution in [-0.2, 0) is 0 Å². The first-order valence-electron chi connectivity index (χ1n) is 7.61. The summed E-state index contributed by atoms with van der Waals surface area (Å²) in [6.07, 6.45) is 0. The van der Waals surface area contributed by atoms with Crippen molar-refractivity contribution in [1.82, 2.24) is 5.32 Å². The van der Waals surface area contributed by atoms with Gasteiger partial charge in [-0.2, -0.15) is 0 Å². The highest BCUT2D eigenvalue weighted by molar-refractivity contribution is 14.0. The van der Waals surface area contributed by atoms with Gasteiger partial charge in [0.1, 0.15) is 0 Å². The Morgan fingerprint density at radius 1 is 1.30 bits per heavy atom. The second-order valence-electron chi connectivity index (χ2n) is 4.93. The molecular weight excluding hydrogens is 409 g/mol. The van der Waals surface area contributed by atoms with Gasteiger partial charge >= 0.3 is 0 Å². The molecule has 1 aromatic carbocycles. The van der Waals surface area contributed by atoms with E-state index in [2.05, 4.69) is 15.6 Å². The van der Waals surface area contributed by atoms with Crippen LogP contribution in [-0.4, -0.2) is 44.5 Å². The van der Waals surface area contributed by atoms with E-state index in [9.17, 15) is 0 Å². The molecule has 0 aliphatic heterocycles. The molecule has 7 heteroatoms. The van der Waals surface area contributed by atoms with Gasteiger partial charge in [-0.05, 0) is 31.9 Å². The zero-order valence-corrected chi connectivity index (χ0v) is 16.6. The van der Waals surface area contributed by atoms with E-state index >= 15 is 0 Å². The van der Waals surface area contributed by atoms with Crippen molar-refractivity contribution >= 4 is 35.6 Å². The largest absolute Gasteiger partial charge is 0.493 e. The maximum atomic E-state index is 9.08. The number of aliphatic hydroxyl groups is 1. The van der Waals surface area contributed by atoms with Gasteiger partial charge in [0, 0.05) is 31.5 Å². The minimum absolute atomic E-state index is 0. The summed E-state index contributed by atoms with van der Waals surface area (Å²) in [5, 5.41) is 15.5. The molecule has 0 saturated carbocycles. The van der Waals surface area contributed by atoms with Gasteiger partial charge in [0.05, 0.1) is 13.7 Å². The smallest absolute Gasteiger partial charge is 0.195 e. The number of aliphatic hydroxyl groups excluding tert-OH is 1. The average molecular weight is 437 g/mol. The van der Waals surface area contributed by atoms with Gasteiger partial charge in [0.25, 0.3) is 0 Å². The van der Waals surface area contributed by atoms with E-state index in [4.69, 9.17) is 14.6 Å². The van der Waals surface area contributed by atoms with E-state index in [1.807, 2.05) is 39.0 Å². The summed E-state index contributed by atoms with van der Waals surface area (Å²) in [4.78, 5) is 4.46. The molecule has 1 aromatic rings. The summed E-state index contributed by atoms with van der Waals surface area (Å²) in [6.45, 7) is 7.90. The topological polar surface area (TPSA) is 75.1 Å². The molecule has 0 spiro atoms. The number of hydrogen-bond donors (Lipinski definition) is 3. The molecule has 1 unspecified atom stereocenters. The fourth-order valence-corrected chi connectivity index (χ4v) is 1.77. The number of aliphatic imine (C=N–C) groups is 1. The number of methoxy groups -OCH3 is 1. The predicted octanol–water partition coefficient (Wildman–Crippen LogP) is 2.72. The van der Waals surface area contributed by atoms with Gasteiger partial charge < -0.3 is 25.2 Å². The number of rotatable bonds is 8. The zero-order valence-electron chi connectivity index (χ0n) is 14.3. The Hall–Kier alpha value is -1.22. The van der Waals surface area contributed by atoms with Crippen LogP contribution in [0.2, 0.25) is 0 Å². The predicted molar refractivity (Wildman–Crippen MR) is 105 cm³/mol. The molecule has 1 rings (SSSR count). The van der Waals surface area contributed by atoms with Gasteiger partial charge in [-0.25, -0.2) is 0 Å². The Labute approximate surface area is 155 Å². The number of benzene rings is 1. The molecule has 0 bridgehead atoms. The molecule has 0 aromatic heterocycles. The lowest BCUT2D eigenvalue weighted by Gasteiger charge is -2.15. The molecule has 0 saturated heterocycles. The Balaban J connectivity index is 0.00000484. The standard InChI is InChI=1S/C16H27N3O3.HI/c1-5-17-16(18-10-12(3)11-20)19-13-7-8-14(21-4)15(9-13)22-6-2;/h7-9,12,20H,5-6,10-11H2,1-4H3,(H2,17,18,19);1H. The fraction of sp³-hybridized carbons (Fsp3) is 0.562. The second-order valence-corrected chi connectivity index (χ2v) is 4.93. The van der Waals surface area contributed by atoms with Crippen molar-refractivity contribution in [3.8, 4) is 11.5 Å². The maximum absolute atomic E-state index is 9.08. The number of nitrogens with one attached hydrogen (secondary N) is 2. The van der Waals surface area contributed by atoms with Gasteiger partial charge in [-0.15, -0.1) is 24.0 Å². The number of hydrogen-bond acceptors (Lipinski definition) is 4. The maximum Gasteiger partial charge on any atom is 0.195 e. The van der Waals surface area contributed by atoms with Crippen LogP contribution in [0.1, 0.15) is 20.8 Å². The van der Waals surface area contributed by atoms with Crippen molar-refractivity contribution in [1.29, 1.82) is 0 Å². The third kappa shape index (κ3) is 7.74. The summed E-state index contributed by atoms with van der Waals surface area (Å²) < 4.78 is 10.8. The first-order chi connectivity index (χ1) is 10.6. The van der Waals surface area contributed by atoms with Gasteiger partial charge in [-0.1, -0.05) is 6.92 Å². The van der Waals surface area contributed by atoms with Gasteiger partial charge in [0.2, 0.25) is 0 Å². The molecule has 23 heavy (non-hydrogen) atoms. The molecule has 0 amide bonds. The average Bonchev–Trinajstić information content (AvgIpc) is 2.53. The third-order valence-corrected chi connectivity index (χ3v) is 2.94. The summed E-state index contributed by atoms with van der Waals surface area (Å²) in [7, 11) is 1.62. The van der Waals surface area contributed by atoms with Crippen LogP contribution < -0.4 is 20.1 Å². The lowest BCUT2D eigenvalue weighted by molar-refractivity contribution is 0.241. The minimum atomic E-state index is 0. The van der Waals surface area contributed by atoms with Crippen molar-refractivity contribution < 1.29 is 14.6 Å². The van der Waals surface area contributed by atoms with Crippen molar-refractivity contribution in [2.75, 3.05) is 38.7 Å². The lowest BCUT2D eigenvalue weighted by atomic mass is 10.2. The Kier molecular flexibility index (Phi) is 11.6. The van der Waals surface area contributed by atoms with Crippen molar-refractivity contribution in [2.24, 2.45) is 10.9 Å². The van der Waals surface area contributed by atoms with E-state index in [-0.39, 0.29) is 36.5 Å². The third-order valence-electron chi connectivity index (χ3n) is 2.94. The van der Waals surface area contributed by atoms with E-state index in [1.165, 1.54) is 0 Å². The lowest BCUT2D eigenvalue weighted by Crippen LogP contribution is -2.31. The molecule has 0 aliphatic rings. The van der Waals surface area contributed by atoms with E-state index in [0.717, 1.165) is 12.2 Å². The van der Waals surface area contributed by atoms with Crippen molar-refractivity contribution in [3.63, 3.8) is 0 Å². The monoisotopic (exact) mass is 437 g/mol. The van der Waals surface area contributed by atoms with Crippen LogP contribution in [0.25, 0.3) is 0 Å². The van der Waals surface area contributed by atoms with Crippen LogP contribution >= 0.6 is 24.0 Å². The molecule has 0 fully saturated rings. The fourth-order valence-electron chi connectivity index (χ4n) is 1.77. The quantitative estimate of drug-likeness (QED) is 0.331. The van der Waals surface area contributed by atoms with Crippen molar-refractivity contribution in [3.05, 3.63) is 18.2 Å². The number of anilines is 1. The molecule has 0 radical (unpaired) electrons. The highest BCUT2D eigenvalue weighted by Crippen LogP contribution is 2.30. The summed E-state index contributed by atoms with van der Waals surface area (Å²) in [5.41, 5.74) is 0.862. The molecular formula is C16H28IN3O3. The van der Waals surface area contributed by atoms with Gasteiger partial charge in [0.15, 0.2) is 17.5 Å². The van der Waals surface area contributed by atoms with Crippen LogP contribution in [0, 0.1) is 5.92 Å². The Morgan fingerprint density at radius 3 is 2.61 bits per heavy atom. The highest BCUT2D eigenvalue weighted by atomic mass is 127. The summed E-state index contributed by atoms with van der Waals surface area (Å²) in [5.74, 6) is 2.19. The first-order valence-corrected chi connectivity index (χ1v) is 7.61. The van der Waals surface area contributed by atoms with E-state index in [1.54, 1.807) is 7.11 Å². The van der Waals surface area contributed by atoms with E-state index < -0.39 is 0 Å². The van der Waals surface area contributed by atoms with Crippen LogP contribution in [0.4, 0.5) is 5.69 Å². The highest BCUT2D eigenvalue weighted by Gasteiger charge is 2.07. The number of halogens is 1. The van der Waals surface area contributed by atoms with Crippen LogP contribution in [0.15, 0.2) is 23.2 Å². The minimum Gasteiger partial charge on any atom is -0.493 e. The molecule has 0 aliphatic carbocycles. The Bertz CT molecular complexity index is 484. The Morgan fingerprint density at radius 2 is 2.04 bits per heavy atom. The first kappa shape index (κ1) is 21.8. The van der Waals surface area contributed by atoms with Crippen LogP contribution in [0.3, 0.4) is 0 Å². The van der Waals surface area contributed by atoms with Gasteiger partial charge in [-0.3, -0.25) is 4.99 Å². The molecule has 1 atom stereocenters.